The minimum absolute atomic E-state index is 0.383. The number of imidazole rings is 1. The molecule has 0 aliphatic carbocycles. The van der Waals surface area contributed by atoms with Gasteiger partial charge in [0.05, 0.1) is 5.56 Å². The van der Waals surface area contributed by atoms with Crippen molar-refractivity contribution in [1.82, 2.24) is 9.38 Å². The smallest absolute Gasteiger partial charge is 0.343 e. The Morgan fingerprint density at radius 2 is 1.53 bits per heavy atom. The Morgan fingerprint density at radius 1 is 0.778 bits per heavy atom. The average Bonchev–Trinajstić information content (AvgIpc) is 3.31. The van der Waals surface area contributed by atoms with Crippen LogP contribution in [0.15, 0.2) is 121 Å². The molecule has 174 valence electrons. The van der Waals surface area contributed by atoms with Crippen molar-refractivity contribution in [3.8, 4) is 17.0 Å². The number of carbonyl (C=O) groups is 1. The van der Waals surface area contributed by atoms with Crippen molar-refractivity contribution < 1.29 is 9.53 Å². The fourth-order valence-corrected chi connectivity index (χ4v) is 4.31. The summed E-state index contributed by atoms with van der Waals surface area (Å²) in [4.78, 5) is 17.6. The van der Waals surface area contributed by atoms with E-state index in [9.17, 15) is 4.79 Å². The third-order valence-corrected chi connectivity index (χ3v) is 6.16. The van der Waals surface area contributed by atoms with Gasteiger partial charge in [-0.05, 0) is 64.9 Å². The summed E-state index contributed by atoms with van der Waals surface area (Å²) in [5.41, 5.74) is 4.33. The van der Waals surface area contributed by atoms with Gasteiger partial charge in [-0.25, -0.2) is 9.78 Å². The van der Waals surface area contributed by atoms with Crippen LogP contribution in [0, 0.1) is 0 Å². The number of carbonyl (C=O) groups excluding carboxylic acids is 1. The Hall–Kier alpha value is -4.90. The minimum Gasteiger partial charge on any atom is -0.423 e. The van der Waals surface area contributed by atoms with Crippen molar-refractivity contribution in [2.45, 2.75) is 6.54 Å². The highest BCUT2D eigenvalue weighted by Crippen LogP contribution is 2.30. The second-order valence-corrected chi connectivity index (χ2v) is 8.55. The van der Waals surface area contributed by atoms with Gasteiger partial charge in [-0.2, -0.15) is 0 Å². The lowest BCUT2D eigenvalue weighted by Gasteiger charge is -2.10. The molecule has 4 aromatic carbocycles. The van der Waals surface area contributed by atoms with Crippen LogP contribution in [0.4, 0.5) is 5.82 Å². The second-order valence-electron chi connectivity index (χ2n) is 8.55. The Morgan fingerprint density at radius 3 is 2.36 bits per heavy atom. The van der Waals surface area contributed by atoms with Gasteiger partial charge in [0.15, 0.2) is 0 Å². The van der Waals surface area contributed by atoms with Crippen molar-refractivity contribution in [2.24, 2.45) is 0 Å². The van der Waals surface area contributed by atoms with Crippen LogP contribution in [0.5, 0.6) is 5.75 Å². The summed E-state index contributed by atoms with van der Waals surface area (Å²) in [5, 5.41) is 5.64. The number of hydrogen-bond donors (Lipinski definition) is 1. The lowest BCUT2D eigenvalue weighted by Crippen LogP contribution is -2.08. The predicted octanol–water partition coefficient (Wildman–Crippen LogP) is 6.99. The molecule has 1 N–H and O–H groups in total. The highest BCUT2D eigenvalue weighted by molar-refractivity contribution is 5.96. The molecule has 2 aromatic heterocycles. The summed E-state index contributed by atoms with van der Waals surface area (Å²) in [7, 11) is 0. The third kappa shape index (κ3) is 4.30. The topological polar surface area (TPSA) is 55.6 Å². The molecule has 6 rings (SSSR count). The molecule has 6 aromatic rings. The molecule has 0 bridgehead atoms. The highest BCUT2D eigenvalue weighted by Gasteiger charge is 2.15. The minimum atomic E-state index is -0.383. The summed E-state index contributed by atoms with van der Waals surface area (Å²) in [6.07, 6.45) is 2.00. The largest absolute Gasteiger partial charge is 0.423 e. The zero-order chi connectivity index (χ0) is 24.3. The first-order valence-electron chi connectivity index (χ1n) is 11.8. The molecule has 5 heteroatoms. The molecule has 0 saturated heterocycles. The fourth-order valence-electron chi connectivity index (χ4n) is 4.31. The molecule has 0 saturated carbocycles. The Balaban J connectivity index is 1.25. The molecule has 0 aliphatic rings. The lowest BCUT2D eigenvalue weighted by atomic mass is 10.1. The molecule has 2 heterocycles. The third-order valence-electron chi connectivity index (χ3n) is 6.16. The maximum absolute atomic E-state index is 12.8. The quantitative estimate of drug-likeness (QED) is 0.211. The number of benzene rings is 4. The molecular weight excluding hydrogens is 446 g/mol. The van der Waals surface area contributed by atoms with Crippen molar-refractivity contribution in [3.05, 3.63) is 133 Å². The van der Waals surface area contributed by atoms with Crippen LogP contribution in [0.2, 0.25) is 0 Å². The van der Waals surface area contributed by atoms with E-state index in [-0.39, 0.29) is 5.97 Å². The van der Waals surface area contributed by atoms with E-state index in [1.54, 1.807) is 18.2 Å². The summed E-state index contributed by atoms with van der Waals surface area (Å²) < 4.78 is 7.70. The SMILES string of the molecule is O=C(Oc1ccc(-c2nc3ccccn3c2NCc2ccccc2)cc1)c1ccc2ccccc2c1. The average molecular weight is 470 g/mol. The monoisotopic (exact) mass is 469 g/mol. The van der Waals surface area contributed by atoms with Crippen molar-refractivity contribution in [1.29, 1.82) is 0 Å². The van der Waals surface area contributed by atoms with E-state index in [2.05, 4.69) is 17.4 Å². The number of fused-ring (bicyclic) bond motifs is 2. The van der Waals surface area contributed by atoms with E-state index < -0.39 is 0 Å². The van der Waals surface area contributed by atoms with Crippen LogP contribution in [-0.4, -0.2) is 15.4 Å². The number of ether oxygens (including phenoxy) is 1. The van der Waals surface area contributed by atoms with Crippen molar-refractivity contribution in [3.63, 3.8) is 0 Å². The summed E-state index contributed by atoms with van der Waals surface area (Å²) in [6.45, 7) is 0.679. The number of hydrogen-bond acceptors (Lipinski definition) is 4. The molecule has 0 fully saturated rings. The number of rotatable bonds is 6. The highest BCUT2D eigenvalue weighted by atomic mass is 16.5. The van der Waals surface area contributed by atoms with Crippen LogP contribution in [-0.2, 0) is 6.54 Å². The molecule has 5 nitrogen and oxygen atoms in total. The van der Waals surface area contributed by atoms with Gasteiger partial charge in [-0.3, -0.25) is 4.40 Å². The standard InChI is InChI=1S/C31H23N3O2/c35-31(26-14-13-23-10-4-5-11-25(23)20-26)36-27-17-15-24(16-18-27)29-30(32-21-22-8-2-1-3-9-22)34-19-7-6-12-28(34)33-29/h1-20,32H,21H2. The normalized spacial score (nSPS) is 11.0. The van der Waals surface area contributed by atoms with Crippen LogP contribution < -0.4 is 10.1 Å². The van der Waals surface area contributed by atoms with E-state index in [1.165, 1.54) is 5.56 Å². The Bertz CT molecular complexity index is 1670. The molecule has 0 unspecified atom stereocenters. The van der Waals surface area contributed by atoms with Crippen LogP contribution in [0.1, 0.15) is 15.9 Å². The van der Waals surface area contributed by atoms with Gasteiger partial charge in [0.2, 0.25) is 0 Å². The number of aromatic nitrogens is 2. The van der Waals surface area contributed by atoms with Gasteiger partial charge in [0.25, 0.3) is 0 Å². The molecule has 36 heavy (non-hydrogen) atoms. The van der Waals surface area contributed by atoms with E-state index in [0.29, 0.717) is 17.9 Å². The van der Waals surface area contributed by atoms with Crippen LogP contribution in [0.3, 0.4) is 0 Å². The molecule has 0 aliphatic heterocycles. The van der Waals surface area contributed by atoms with E-state index in [4.69, 9.17) is 9.72 Å². The second kappa shape index (κ2) is 9.39. The van der Waals surface area contributed by atoms with E-state index in [1.807, 2.05) is 95.5 Å². The first kappa shape index (κ1) is 21.6. The van der Waals surface area contributed by atoms with Gasteiger partial charge in [0.1, 0.15) is 22.9 Å². The summed E-state index contributed by atoms with van der Waals surface area (Å²) in [5.74, 6) is 1.02. The fraction of sp³-hybridized carbons (Fsp3) is 0.0323. The maximum Gasteiger partial charge on any atom is 0.343 e. The van der Waals surface area contributed by atoms with Gasteiger partial charge in [0, 0.05) is 18.3 Å². The zero-order valence-electron chi connectivity index (χ0n) is 19.5. The number of nitrogens with zero attached hydrogens (tertiary/aromatic N) is 2. The van der Waals surface area contributed by atoms with E-state index in [0.717, 1.165) is 33.5 Å². The maximum atomic E-state index is 12.8. The van der Waals surface area contributed by atoms with Gasteiger partial charge in [-0.1, -0.05) is 66.7 Å². The first-order chi connectivity index (χ1) is 17.7. The first-order valence-corrected chi connectivity index (χ1v) is 11.8. The lowest BCUT2D eigenvalue weighted by molar-refractivity contribution is 0.0735. The van der Waals surface area contributed by atoms with Crippen molar-refractivity contribution in [2.75, 3.05) is 5.32 Å². The molecule has 0 amide bonds. The summed E-state index contributed by atoms with van der Waals surface area (Å²) in [6, 6.07) is 37.2. The van der Waals surface area contributed by atoms with E-state index >= 15 is 0 Å². The van der Waals surface area contributed by atoms with Crippen LogP contribution >= 0.6 is 0 Å². The number of esters is 1. The molecule has 0 spiro atoms. The van der Waals surface area contributed by atoms with Gasteiger partial charge >= 0.3 is 5.97 Å². The number of pyridine rings is 1. The van der Waals surface area contributed by atoms with Gasteiger partial charge in [-0.15, -0.1) is 0 Å². The van der Waals surface area contributed by atoms with Crippen LogP contribution in [0.25, 0.3) is 27.7 Å². The Labute approximate surface area is 208 Å². The van der Waals surface area contributed by atoms with Crippen molar-refractivity contribution >= 4 is 28.2 Å². The number of nitrogens with one attached hydrogen (secondary N) is 1. The molecular formula is C31H23N3O2. The predicted molar refractivity (Wildman–Crippen MR) is 143 cm³/mol. The summed E-state index contributed by atoms with van der Waals surface area (Å²) >= 11 is 0. The van der Waals surface area contributed by atoms with Gasteiger partial charge < -0.3 is 10.1 Å². The molecule has 0 radical (unpaired) electrons. The number of anilines is 1. The zero-order valence-corrected chi connectivity index (χ0v) is 19.5. The molecule has 0 atom stereocenters. The Kier molecular flexibility index (Phi) is 5.64.